The lowest BCUT2D eigenvalue weighted by molar-refractivity contribution is 0.562. The number of carbonyl (C=O) groups excluding carboxylic acids is 2. The second-order valence-corrected chi connectivity index (χ2v) is 7.06. The van der Waals surface area contributed by atoms with Gasteiger partial charge in [0.2, 0.25) is 12.2 Å². The van der Waals surface area contributed by atoms with E-state index in [0.29, 0.717) is 13.1 Å². The molecule has 76 valence electrons. The van der Waals surface area contributed by atoms with Crippen LogP contribution in [0, 0.1) is 0 Å². The maximum absolute atomic E-state index is 9.92. The van der Waals surface area contributed by atoms with E-state index in [2.05, 4.69) is 9.98 Å². The highest BCUT2D eigenvalue weighted by molar-refractivity contribution is 8.33. The maximum Gasteiger partial charge on any atom is 0.235 e. The van der Waals surface area contributed by atoms with E-state index in [1.807, 2.05) is 0 Å². The Bertz CT molecular complexity index is 248. The molecule has 1 rings (SSSR count). The Morgan fingerprint density at radius 3 is 2.00 bits per heavy atom. The van der Waals surface area contributed by atoms with Crippen LogP contribution in [0.5, 0.6) is 0 Å². The van der Waals surface area contributed by atoms with Gasteiger partial charge in [-0.05, 0) is 0 Å². The number of thioether (sulfide) groups is 3. The molecule has 1 aliphatic rings. The fourth-order valence-electron chi connectivity index (χ4n) is 0.854. The van der Waals surface area contributed by atoms with E-state index in [0.717, 1.165) is 5.08 Å². The van der Waals surface area contributed by atoms with Gasteiger partial charge in [-0.15, -0.1) is 35.3 Å². The normalized spacial score (nSPS) is 26.0. The summed E-state index contributed by atoms with van der Waals surface area (Å²) in [5.41, 5.74) is 0. The van der Waals surface area contributed by atoms with Crippen molar-refractivity contribution in [1.82, 2.24) is 0 Å². The quantitative estimate of drug-likeness (QED) is 0.557. The van der Waals surface area contributed by atoms with Gasteiger partial charge in [0.05, 0.1) is 22.3 Å². The van der Waals surface area contributed by atoms with E-state index in [4.69, 9.17) is 0 Å². The molecule has 0 amide bonds. The van der Waals surface area contributed by atoms with Gasteiger partial charge in [0.1, 0.15) is 0 Å². The fraction of sp³-hybridized carbons (Fsp3) is 0.714. The Hall–Kier alpha value is -0.190. The molecule has 1 heterocycles. The SMILES string of the molecule is O=C=NCC1SCSC(CN=C=O)S1. The van der Waals surface area contributed by atoms with Crippen LogP contribution in [0.4, 0.5) is 0 Å². The number of nitrogens with zero attached hydrogens (tertiary/aromatic N) is 2. The van der Waals surface area contributed by atoms with Crippen LogP contribution in [0.15, 0.2) is 9.98 Å². The minimum absolute atomic E-state index is 0.282. The van der Waals surface area contributed by atoms with Crippen LogP contribution in [-0.4, -0.2) is 39.5 Å². The molecule has 0 N–H and O–H groups in total. The van der Waals surface area contributed by atoms with Gasteiger partial charge < -0.3 is 0 Å². The van der Waals surface area contributed by atoms with E-state index in [9.17, 15) is 9.59 Å². The van der Waals surface area contributed by atoms with E-state index in [1.165, 1.54) is 12.2 Å². The van der Waals surface area contributed by atoms with Crippen LogP contribution >= 0.6 is 35.3 Å². The number of hydrogen-bond acceptors (Lipinski definition) is 7. The second-order valence-electron chi connectivity index (χ2n) is 2.31. The summed E-state index contributed by atoms with van der Waals surface area (Å²) in [6, 6.07) is 0. The smallest absolute Gasteiger partial charge is 0.211 e. The van der Waals surface area contributed by atoms with Gasteiger partial charge in [0.25, 0.3) is 0 Å². The zero-order valence-electron chi connectivity index (χ0n) is 7.21. The van der Waals surface area contributed by atoms with Crippen LogP contribution in [-0.2, 0) is 9.59 Å². The Morgan fingerprint density at radius 1 is 1.07 bits per heavy atom. The number of rotatable bonds is 4. The molecule has 0 aliphatic carbocycles. The summed E-state index contributed by atoms with van der Waals surface area (Å²) < 4.78 is 0.564. The average molecular weight is 248 g/mol. The van der Waals surface area contributed by atoms with Crippen molar-refractivity contribution < 1.29 is 9.59 Å². The van der Waals surface area contributed by atoms with Crippen molar-refractivity contribution in [1.29, 1.82) is 0 Å². The van der Waals surface area contributed by atoms with Crippen LogP contribution < -0.4 is 0 Å². The van der Waals surface area contributed by atoms with Crippen molar-refractivity contribution in [2.24, 2.45) is 9.98 Å². The Balaban J connectivity index is 2.34. The Kier molecular flexibility index (Phi) is 6.07. The summed E-state index contributed by atoms with van der Waals surface area (Å²) in [6.07, 6.45) is 3.06. The summed E-state index contributed by atoms with van der Waals surface area (Å²) in [4.78, 5) is 26.9. The molecule has 0 aromatic carbocycles. The topological polar surface area (TPSA) is 58.9 Å². The Labute approximate surface area is 94.4 Å². The van der Waals surface area contributed by atoms with Gasteiger partial charge >= 0.3 is 0 Å². The lowest BCUT2D eigenvalue weighted by atomic mass is 10.8. The van der Waals surface area contributed by atoms with Crippen molar-refractivity contribution in [2.75, 3.05) is 18.2 Å². The first-order chi connectivity index (χ1) is 6.86. The molecule has 4 nitrogen and oxygen atoms in total. The van der Waals surface area contributed by atoms with Crippen LogP contribution in [0.3, 0.4) is 0 Å². The van der Waals surface area contributed by atoms with E-state index >= 15 is 0 Å². The number of isocyanates is 2. The van der Waals surface area contributed by atoms with E-state index < -0.39 is 0 Å². The molecular formula is C7H8N2O2S3. The van der Waals surface area contributed by atoms with Gasteiger partial charge in [-0.2, -0.15) is 0 Å². The first-order valence-electron chi connectivity index (χ1n) is 3.82. The zero-order valence-corrected chi connectivity index (χ0v) is 9.66. The molecule has 1 fully saturated rings. The van der Waals surface area contributed by atoms with Gasteiger partial charge in [0, 0.05) is 5.08 Å². The predicted octanol–water partition coefficient (Wildman–Crippen LogP) is 1.48. The summed E-state index contributed by atoms with van der Waals surface area (Å²) >= 11 is 5.20. The third-order valence-corrected chi connectivity index (χ3v) is 5.94. The molecule has 0 spiro atoms. The predicted molar refractivity (Wildman–Crippen MR) is 61.2 cm³/mol. The van der Waals surface area contributed by atoms with Crippen molar-refractivity contribution in [2.45, 2.75) is 9.16 Å². The summed E-state index contributed by atoms with van der Waals surface area (Å²) in [5, 5.41) is 0.949. The maximum atomic E-state index is 9.92. The summed E-state index contributed by atoms with van der Waals surface area (Å²) in [7, 11) is 0. The first kappa shape index (κ1) is 11.9. The lowest BCUT2D eigenvalue weighted by Crippen LogP contribution is -2.16. The second kappa shape index (κ2) is 7.15. The standard InChI is InChI=1S/C7H8N2O2S3/c10-3-8-1-6-12-5-13-7(14-6)2-9-4-11/h6-7H,1-2,5H2. The van der Waals surface area contributed by atoms with Crippen LogP contribution in [0.1, 0.15) is 0 Å². The number of aliphatic imine (C=N–C) groups is 2. The third-order valence-electron chi connectivity index (χ3n) is 1.42. The van der Waals surface area contributed by atoms with Crippen molar-refractivity contribution in [3.05, 3.63) is 0 Å². The molecule has 0 aromatic heterocycles. The van der Waals surface area contributed by atoms with Crippen LogP contribution in [0.2, 0.25) is 0 Å². The molecule has 1 saturated heterocycles. The molecule has 0 aromatic rings. The van der Waals surface area contributed by atoms with Gasteiger partial charge in [-0.1, -0.05) is 0 Å². The van der Waals surface area contributed by atoms with Crippen LogP contribution in [0.25, 0.3) is 0 Å². The molecule has 2 unspecified atom stereocenters. The highest BCUT2D eigenvalue weighted by Crippen LogP contribution is 2.41. The molecule has 0 bridgehead atoms. The first-order valence-corrected chi connectivity index (χ1v) is 6.86. The zero-order chi connectivity index (χ0) is 10.2. The van der Waals surface area contributed by atoms with Crippen molar-refractivity contribution in [3.63, 3.8) is 0 Å². The van der Waals surface area contributed by atoms with E-state index in [-0.39, 0.29) is 9.16 Å². The molecule has 0 saturated carbocycles. The highest BCUT2D eigenvalue weighted by atomic mass is 32.3. The van der Waals surface area contributed by atoms with Gasteiger partial charge in [-0.25, -0.2) is 19.6 Å². The lowest BCUT2D eigenvalue weighted by Gasteiger charge is -2.24. The minimum Gasteiger partial charge on any atom is -0.211 e. The highest BCUT2D eigenvalue weighted by Gasteiger charge is 2.22. The van der Waals surface area contributed by atoms with Gasteiger partial charge in [-0.3, -0.25) is 0 Å². The number of hydrogen-bond donors (Lipinski definition) is 0. The molecule has 14 heavy (non-hydrogen) atoms. The molecule has 0 radical (unpaired) electrons. The largest absolute Gasteiger partial charge is 0.235 e. The molecular weight excluding hydrogens is 240 g/mol. The third kappa shape index (κ3) is 4.35. The van der Waals surface area contributed by atoms with Crippen molar-refractivity contribution in [3.8, 4) is 0 Å². The Morgan fingerprint density at radius 2 is 1.57 bits per heavy atom. The van der Waals surface area contributed by atoms with E-state index in [1.54, 1.807) is 35.3 Å². The fourth-order valence-corrected chi connectivity index (χ4v) is 6.05. The summed E-state index contributed by atoms with van der Waals surface area (Å²) in [5.74, 6) is 0. The average Bonchev–Trinajstić information content (AvgIpc) is 2.24. The molecule has 7 heteroatoms. The molecule has 2 atom stereocenters. The minimum atomic E-state index is 0.282. The van der Waals surface area contributed by atoms with Gasteiger partial charge in [0.15, 0.2) is 0 Å². The van der Waals surface area contributed by atoms with Crippen molar-refractivity contribution >= 4 is 47.4 Å². The molecule has 1 aliphatic heterocycles. The summed E-state index contributed by atoms with van der Waals surface area (Å²) in [6.45, 7) is 0.974. The monoisotopic (exact) mass is 248 g/mol.